The van der Waals surface area contributed by atoms with E-state index < -0.39 is 0 Å². The molecule has 0 aliphatic heterocycles. The van der Waals surface area contributed by atoms with Crippen LogP contribution in [0.5, 0.6) is 0 Å². The zero-order valence-corrected chi connectivity index (χ0v) is 6.42. The van der Waals surface area contributed by atoms with Gasteiger partial charge in [-0.05, 0) is 13.0 Å². The Morgan fingerprint density at radius 1 is 1.64 bits per heavy atom. The van der Waals surface area contributed by atoms with E-state index in [1.807, 2.05) is 6.20 Å². The molecule has 0 fully saturated rings. The maximum atomic E-state index is 5.29. The van der Waals surface area contributed by atoms with Crippen LogP contribution in [0.2, 0.25) is 0 Å². The Labute approximate surface area is 65.8 Å². The molecular formula is C7H13N3O. The van der Waals surface area contributed by atoms with E-state index >= 15 is 0 Å². The van der Waals surface area contributed by atoms with Gasteiger partial charge in [-0.1, -0.05) is 0 Å². The summed E-state index contributed by atoms with van der Waals surface area (Å²) in [7, 11) is 0. The third-order valence-corrected chi connectivity index (χ3v) is 1.30. The molecule has 3 N–H and O–H groups in total. The number of H-pyrrole nitrogens is 1. The van der Waals surface area contributed by atoms with Crippen LogP contribution in [-0.2, 0) is 11.3 Å². The molecule has 0 unspecified atom stereocenters. The molecule has 4 heteroatoms. The largest absolute Gasteiger partial charge is 0.375 e. The molecular weight excluding hydrogens is 142 g/mol. The van der Waals surface area contributed by atoms with Crippen LogP contribution in [-0.4, -0.2) is 23.1 Å². The van der Waals surface area contributed by atoms with Crippen molar-refractivity contribution in [1.82, 2.24) is 9.97 Å². The summed E-state index contributed by atoms with van der Waals surface area (Å²) in [5.41, 5.74) is 6.22. The molecule has 4 nitrogen and oxygen atoms in total. The average Bonchev–Trinajstić information content (AvgIpc) is 2.50. The highest BCUT2D eigenvalue weighted by atomic mass is 16.5. The number of hydrogen-bond donors (Lipinski definition) is 2. The highest BCUT2D eigenvalue weighted by Gasteiger charge is 1.92. The first-order valence-corrected chi connectivity index (χ1v) is 3.69. The van der Waals surface area contributed by atoms with Crippen molar-refractivity contribution in [2.24, 2.45) is 5.73 Å². The van der Waals surface area contributed by atoms with Gasteiger partial charge in [0.05, 0.1) is 18.6 Å². The molecule has 0 saturated carbocycles. The quantitative estimate of drug-likeness (QED) is 0.600. The molecule has 62 valence electrons. The Bertz CT molecular complexity index is 174. The van der Waals surface area contributed by atoms with Gasteiger partial charge in [-0.3, -0.25) is 0 Å². The molecule has 0 atom stereocenters. The maximum Gasteiger partial charge on any atom is 0.0924 e. The zero-order valence-electron chi connectivity index (χ0n) is 6.42. The predicted molar refractivity (Wildman–Crippen MR) is 41.9 cm³/mol. The number of hydrogen-bond acceptors (Lipinski definition) is 3. The van der Waals surface area contributed by atoms with Crippen molar-refractivity contribution in [2.45, 2.75) is 13.0 Å². The van der Waals surface area contributed by atoms with Crippen LogP contribution in [0.1, 0.15) is 12.1 Å². The van der Waals surface area contributed by atoms with Crippen LogP contribution in [0, 0.1) is 0 Å². The third-order valence-electron chi connectivity index (χ3n) is 1.30. The Kier molecular flexibility index (Phi) is 3.64. The number of nitrogens with one attached hydrogen (secondary N) is 1. The number of rotatable bonds is 5. The van der Waals surface area contributed by atoms with E-state index in [0.29, 0.717) is 19.8 Å². The molecule has 1 heterocycles. The number of nitrogens with zero attached hydrogens (tertiary/aromatic N) is 1. The summed E-state index contributed by atoms with van der Waals surface area (Å²) >= 11 is 0. The Morgan fingerprint density at radius 3 is 3.18 bits per heavy atom. The second-order valence-corrected chi connectivity index (χ2v) is 2.26. The molecule has 1 aromatic rings. The summed E-state index contributed by atoms with van der Waals surface area (Å²) in [6.07, 6.45) is 4.37. The summed E-state index contributed by atoms with van der Waals surface area (Å²) in [5.74, 6) is 0. The van der Waals surface area contributed by atoms with Crippen LogP contribution in [0.4, 0.5) is 0 Å². The summed E-state index contributed by atoms with van der Waals surface area (Å²) in [4.78, 5) is 6.86. The van der Waals surface area contributed by atoms with Gasteiger partial charge in [0.15, 0.2) is 0 Å². The first kappa shape index (κ1) is 8.23. The summed E-state index contributed by atoms with van der Waals surface area (Å²) in [6, 6.07) is 0. The number of aromatic nitrogens is 2. The van der Waals surface area contributed by atoms with E-state index in [4.69, 9.17) is 10.5 Å². The number of nitrogens with two attached hydrogens (primary N) is 1. The second kappa shape index (κ2) is 4.87. The van der Waals surface area contributed by atoms with Gasteiger partial charge >= 0.3 is 0 Å². The zero-order chi connectivity index (χ0) is 7.94. The first-order chi connectivity index (χ1) is 5.43. The van der Waals surface area contributed by atoms with Crippen LogP contribution in [0.15, 0.2) is 12.5 Å². The fourth-order valence-corrected chi connectivity index (χ4v) is 0.732. The van der Waals surface area contributed by atoms with E-state index in [9.17, 15) is 0 Å². The Balaban J connectivity index is 2.04. The van der Waals surface area contributed by atoms with Crippen molar-refractivity contribution in [3.63, 3.8) is 0 Å². The minimum absolute atomic E-state index is 0.573. The van der Waals surface area contributed by atoms with Gasteiger partial charge < -0.3 is 15.5 Å². The predicted octanol–water partition coefficient (Wildman–Crippen LogP) is 0.275. The van der Waals surface area contributed by atoms with Crippen LogP contribution in [0.25, 0.3) is 0 Å². The van der Waals surface area contributed by atoms with E-state index in [-0.39, 0.29) is 0 Å². The van der Waals surface area contributed by atoms with Crippen molar-refractivity contribution in [3.05, 3.63) is 18.2 Å². The van der Waals surface area contributed by atoms with Gasteiger partial charge in [-0.15, -0.1) is 0 Å². The molecule has 0 aliphatic carbocycles. The van der Waals surface area contributed by atoms with E-state index in [0.717, 1.165) is 12.1 Å². The lowest BCUT2D eigenvalue weighted by Gasteiger charge is -1.98. The molecule has 0 amide bonds. The number of ether oxygens (including phenoxy) is 1. The van der Waals surface area contributed by atoms with Gasteiger partial charge in [-0.2, -0.15) is 0 Å². The maximum absolute atomic E-state index is 5.29. The minimum Gasteiger partial charge on any atom is -0.375 e. The number of imidazole rings is 1. The molecule has 0 aromatic carbocycles. The van der Waals surface area contributed by atoms with Crippen molar-refractivity contribution in [3.8, 4) is 0 Å². The standard InChI is InChI=1S/C7H13N3O/c8-2-1-3-11-5-7-4-9-6-10-7/h4,6H,1-3,5,8H2,(H,9,10). The summed E-state index contributed by atoms with van der Waals surface area (Å²) in [5, 5.41) is 0. The van der Waals surface area contributed by atoms with Crippen molar-refractivity contribution in [1.29, 1.82) is 0 Å². The lowest BCUT2D eigenvalue weighted by molar-refractivity contribution is 0.117. The molecule has 0 aliphatic rings. The number of aromatic amines is 1. The van der Waals surface area contributed by atoms with Gasteiger partial charge in [0, 0.05) is 12.8 Å². The molecule has 1 rings (SSSR count). The van der Waals surface area contributed by atoms with E-state index in [2.05, 4.69) is 9.97 Å². The van der Waals surface area contributed by atoms with Crippen LogP contribution >= 0.6 is 0 Å². The Hall–Kier alpha value is -0.870. The van der Waals surface area contributed by atoms with Crippen LogP contribution in [0.3, 0.4) is 0 Å². The second-order valence-electron chi connectivity index (χ2n) is 2.26. The normalized spacial score (nSPS) is 10.3. The van der Waals surface area contributed by atoms with Crippen molar-refractivity contribution < 1.29 is 4.74 Å². The van der Waals surface area contributed by atoms with Gasteiger partial charge in [-0.25, -0.2) is 4.98 Å². The Morgan fingerprint density at radius 2 is 2.55 bits per heavy atom. The van der Waals surface area contributed by atoms with Gasteiger partial charge in [0.1, 0.15) is 0 Å². The van der Waals surface area contributed by atoms with E-state index in [1.165, 1.54) is 0 Å². The average molecular weight is 155 g/mol. The molecule has 0 saturated heterocycles. The lowest BCUT2D eigenvalue weighted by atomic mass is 10.4. The molecule has 0 spiro atoms. The molecule has 0 radical (unpaired) electrons. The van der Waals surface area contributed by atoms with Crippen molar-refractivity contribution >= 4 is 0 Å². The highest BCUT2D eigenvalue weighted by Crippen LogP contribution is 1.93. The monoisotopic (exact) mass is 155 g/mol. The lowest BCUT2D eigenvalue weighted by Crippen LogP contribution is -2.04. The van der Waals surface area contributed by atoms with Crippen LogP contribution < -0.4 is 5.73 Å². The third kappa shape index (κ3) is 3.15. The molecule has 0 bridgehead atoms. The van der Waals surface area contributed by atoms with Gasteiger partial charge in [0.25, 0.3) is 0 Å². The van der Waals surface area contributed by atoms with Gasteiger partial charge in [0.2, 0.25) is 0 Å². The smallest absolute Gasteiger partial charge is 0.0924 e. The fourth-order valence-electron chi connectivity index (χ4n) is 0.732. The molecule has 1 aromatic heterocycles. The van der Waals surface area contributed by atoms with E-state index in [1.54, 1.807) is 6.33 Å². The molecule has 11 heavy (non-hydrogen) atoms. The topological polar surface area (TPSA) is 63.9 Å². The minimum atomic E-state index is 0.573. The fraction of sp³-hybridized carbons (Fsp3) is 0.571. The first-order valence-electron chi connectivity index (χ1n) is 3.69. The summed E-state index contributed by atoms with van der Waals surface area (Å²) in [6.45, 7) is 1.97. The highest BCUT2D eigenvalue weighted by molar-refractivity contribution is 4.91. The summed E-state index contributed by atoms with van der Waals surface area (Å²) < 4.78 is 5.26. The SMILES string of the molecule is NCCCOCc1c[nH]cn1. The van der Waals surface area contributed by atoms with Crippen molar-refractivity contribution in [2.75, 3.05) is 13.2 Å².